The van der Waals surface area contributed by atoms with Gasteiger partial charge in [-0.1, -0.05) is 13.8 Å². The number of imidazole rings is 1. The lowest BCUT2D eigenvalue weighted by atomic mass is 10.0. The van der Waals surface area contributed by atoms with Crippen molar-refractivity contribution in [3.63, 3.8) is 0 Å². The largest absolute Gasteiger partial charge is 0.480 e. The van der Waals surface area contributed by atoms with E-state index in [4.69, 9.17) is 17.2 Å². The number of amides is 3. The van der Waals surface area contributed by atoms with Gasteiger partial charge in [-0.25, -0.2) is 9.78 Å². The molecule has 14 nitrogen and oxygen atoms in total. The number of hydrogen-bond donors (Lipinski definition) is 8. The molecule has 35 heavy (non-hydrogen) atoms. The molecule has 0 bridgehead atoms. The molecular weight excluding hydrogens is 458 g/mol. The van der Waals surface area contributed by atoms with Gasteiger partial charge in [0.2, 0.25) is 17.7 Å². The van der Waals surface area contributed by atoms with E-state index in [9.17, 15) is 24.3 Å². The Morgan fingerprint density at radius 1 is 1.03 bits per heavy atom. The predicted molar refractivity (Wildman–Crippen MR) is 129 cm³/mol. The average molecular weight is 496 g/mol. The lowest BCUT2D eigenvalue weighted by Crippen LogP contribution is -2.57. The lowest BCUT2D eigenvalue weighted by molar-refractivity contribution is -0.142. The minimum absolute atomic E-state index is 0.0316. The number of aromatic nitrogens is 2. The Labute approximate surface area is 203 Å². The molecule has 1 aromatic heterocycles. The lowest BCUT2D eigenvalue weighted by Gasteiger charge is -2.25. The standard InChI is InChI=1S/C21H37N9O5/c1-11(2)7-15(29-17(31)12(3)22)19(33)28-14(5-4-6-26-21(23)24)18(32)30-16(20(34)35)8-13-9-25-10-27-13/h9-12,14-16H,4-8,22H2,1-3H3,(H,25,27)(H,28,33)(H,29,31)(H,30,32)(H,34,35)(H4,23,24,26). The Morgan fingerprint density at radius 3 is 2.14 bits per heavy atom. The fraction of sp³-hybridized carbons (Fsp3) is 0.619. The summed E-state index contributed by atoms with van der Waals surface area (Å²) in [4.78, 5) is 60.3. The SMILES string of the molecule is CC(C)CC(NC(=O)C(C)N)C(=O)NC(CCCN=C(N)N)C(=O)NC(Cc1cnc[nH]1)C(=O)O. The van der Waals surface area contributed by atoms with Gasteiger partial charge in [0.1, 0.15) is 18.1 Å². The number of aromatic amines is 1. The topological polar surface area (TPSA) is 244 Å². The molecule has 196 valence electrons. The molecule has 0 aliphatic heterocycles. The third-order valence-electron chi connectivity index (χ3n) is 4.93. The van der Waals surface area contributed by atoms with Crippen LogP contribution in [-0.2, 0) is 25.6 Å². The number of carboxylic acids is 1. The minimum Gasteiger partial charge on any atom is -0.480 e. The summed E-state index contributed by atoms with van der Waals surface area (Å²) in [7, 11) is 0. The van der Waals surface area contributed by atoms with Crippen LogP contribution in [0.25, 0.3) is 0 Å². The van der Waals surface area contributed by atoms with Crippen molar-refractivity contribution >= 4 is 29.7 Å². The third-order valence-corrected chi connectivity index (χ3v) is 4.93. The number of nitrogens with two attached hydrogens (primary N) is 3. The van der Waals surface area contributed by atoms with Gasteiger partial charge >= 0.3 is 5.97 Å². The van der Waals surface area contributed by atoms with E-state index in [-0.39, 0.29) is 31.3 Å². The number of hydrogen-bond acceptors (Lipinski definition) is 7. The summed E-state index contributed by atoms with van der Waals surface area (Å²) in [5, 5.41) is 17.2. The van der Waals surface area contributed by atoms with Crippen molar-refractivity contribution < 1.29 is 24.3 Å². The molecule has 1 aromatic rings. The van der Waals surface area contributed by atoms with Crippen LogP contribution >= 0.6 is 0 Å². The molecule has 0 saturated carbocycles. The smallest absolute Gasteiger partial charge is 0.326 e. The van der Waals surface area contributed by atoms with Gasteiger partial charge in [0.05, 0.1) is 12.4 Å². The Hall–Kier alpha value is -3.68. The maximum atomic E-state index is 13.0. The third kappa shape index (κ3) is 11.3. The molecule has 0 aliphatic carbocycles. The van der Waals surface area contributed by atoms with Gasteiger partial charge in [0.15, 0.2) is 5.96 Å². The molecule has 0 aromatic carbocycles. The number of H-pyrrole nitrogens is 1. The van der Waals surface area contributed by atoms with E-state index in [1.54, 1.807) is 0 Å². The van der Waals surface area contributed by atoms with Gasteiger partial charge < -0.3 is 43.2 Å². The maximum absolute atomic E-state index is 13.0. The van der Waals surface area contributed by atoms with Crippen LogP contribution in [0.5, 0.6) is 0 Å². The Bertz CT molecular complexity index is 867. The van der Waals surface area contributed by atoms with E-state index >= 15 is 0 Å². The molecule has 4 unspecified atom stereocenters. The van der Waals surface area contributed by atoms with E-state index in [0.717, 1.165) is 0 Å². The number of carbonyl (C=O) groups is 4. The minimum atomic E-state index is -1.26. The van der Waals surface area contributed by atoms with Crippen LogP contribution in [0.3, 0.4) is 0 Å². The highest BCUT2D eigenvalue weighted by Gasteiger charge is 2.30. The number of carbonyl (C=O) groups excluding carboxylic acids is 3. The monoisotopic (exact) mass is 495 g/mol. The Kier molecular flexibility index (Phi) is 12.2. The molecule has 1 heterocycles. The fourth-order valence-corrected chi connectivity index (χ4v) is 3.14. The van der Waals surface area contributed by atoms with Crippen LogP contribution in [-0.4, -0.2) is 75.4 Å². The number of nitrogens with zero attached hydrogens (tertiary/aromatic N) is 2. The van der Waals surface area contributed by atoms with Crippen molar-refractivity contribution in [3.8, 4) is 0 Å². The quantitative estimate of drug-likeness (QED) is 0.0756. The van der Waals surface area contributed by atoms with Gasteiger partial charge in [0.25, 0.3) is 0 Å². The first kappa shape index (κ1) is 29.4. The zero-order chi connectivity index (χ0) is 26.5. The summed E-state index contributed by atoms with van der Waals surface area (Å²) in [6.45, 7) is 5.45. The molecule has 4 atom stereocenters. The molecule has 0 spiro atoms. The van der Waals surface area contributed by atoms with Crippen LogP contribution in [0.2, 0.25) is 0 Å². The molecule has 11 N–H and O–H groups in total. The van der Waals surface area contributed by atoms with Gasteiger partial charge in [-0.05, 0) is 32.1 Å². The van der Waals surface area contributed by atoms with Crippen LogP contribution in [0.1, 0.15) is 45.7 Å². The Balaban J connectivity index is 3.01. The van der Waals surface area contributed by atoms with E-state index in [1.807, 2.05) is 13.8 Å². The fourth-order valence-electron chi connectivity index (χ4n) is 3.14. The number of aliphatic imine (C=N–C) groups is 1. The van der Waals surface area contributed by atoms with E-state index < -0.39 is 47.9 Å². The second-order valence-electron chi connectivity index (χ2n) is 8.67. The summed E-state index contributed by atoms with van der Waals surface area (Å²) < 4.78 is 0. The summed E-state index contributed by atoms with van der Waals surface area (Å²) in [5.74, 6) is -3.10. The number of guanidine groups is 1. The van der Waals surface area contributed by atoms with Crippen molar-refractivity contribution in [3.05, 3.63) is 18.2 Å². The molecule has 1 rings (SSSR count). The second-order valence-corrected chi connectivity index (χ2v) is 8.67. The van der Waals surface area contributed by atoms with Crippen molar-refractivity contribution in [2.45, 2.75) is 70.6 Å². The van der Waals surface area contributed by atoms with Crippen LogP contribution < -0.4 is 33.2 Å². The van der Waals surface area contributed by atoms with Gasteiger partial charge in [-0.2, -0.15) is 0 Å². The molecule has 0 saturated heterocycles. The van der Waals surface area contributed by atoms with Crippen molar-refractivity contribution in [1.29, 1.82) is 0 Å². The highest BCUT2D eigenvalue weighted by Crippen LogP contribution is 2.08. The number of carboxylic acid groups (broad SMARTS) is 1. The number of aliphatic carboxylic acids is 1. The summed E-state index contributed by atoms with van der Waals surface area (Å²) in [6.07, 6.45) is 3.58. The van der Waals surface area contributed by atoms with Crippen LogP contribution in [0, 0.1) is 5.92 Å². The highest BCUT2D eigenvalue weighted by molar-refractivity contribution is 5.94. The van der Waals surface area contributed by atoms with E-state index in [0.29, 0.717) is 18.5 Å². The molecule has 0 aliphatic rings. The average Bonchev–Trinajstić information content (AvgIpc) is 3.27. The van der Waals surface area contributed by atoms with Gasteiger partial charge in [0, 0.05) is 24.9 Å². The van der Waals surface area contributed by atoms with Gasteiger partial charge in [-0.15, -0.1) is 0 Å². The normalized spacial score (nSPS) is 14.3. The van der Waals surface area contributed by atoms with Crippen molar-refractivity contribution in [2.75, 3.05) is 6.54 Å². The first-order valence-electron chi connectivity index (χ1n) is 11.3. The predicted octanol–water partition coefficient (Wildman–Crippen LogP) is -2.06. The molecular formula is C21H37N9O5. The first-order chi connectivity index (χ1) is 16.4. The molecule has 0 fully saturated rings. The summed E-state index contributed by atoms with van der Waals surface area (Å²) >= 11 is 0. The molecule has 3 amide bonds. The van der Waals surface area contributed by atoms with E-state index in [1.165, 1.54) is 19.4 Å². The van der Waals surface area contributed by atoms with Crippen molar-refractivity contribution in [1.82, 2.24) is 25.9 Å². The molecule has 14 heteroatoms. The summed E-state index contributed by atoms with van der Waals surface area (Å²) in [6, 6.07) is -4.11. The van der Waals surface area contributed by atoms with Gasteiger partial charge in [-0.3, -0.25) is 19.4 Å². The number of rotatable bonds is 15. The van der Waals surface area contributed by atoms with Crippen molar-refractivity contribution in [2.24, 2.45) is 28.1 Å². The van der Waals surface area contributed by atoms with Crippen LogP contribution in [0.4, 0.5) is 0 Å². The highest BCUT2D eigenvalue weighted by atomic mass is 16.4. The van der Waals surface area contributed by atoms with E-state index in [2.05, 4.69) is 30.9 Å². The van der Waals surface area contributed by atoms with Crippen LogP contribution in [0.15, 0.2) is 17.5 Å². The zero-order valence-electron chi connectivity index (χ0n) is 20.3. The maximum Gasteiger partial charge on any atom is 0.326 e. The summed E-state index contributed by atoms with van der Waals surface area (Å²) in [5.41, 5.74) is 16.8. The first-order valence-corrected chi connectivity index (χ1v) is 11.3. The second kappa shape index (κ2) is 14.6. The molecule has 0 radical (unpaired) electrons. The Morgan fingerprint density at radius 2 is 1.63 bits per heavy atom. The number of nitrogens with one attached hydrogen (secondary N) is 4. The zero-order valence-corrected chi connectivity index (χ0v) is 20.3.